The van der Waals surface area contributed by atoms with Gasteiger partial charge in [-0.15, -0.1) is 0 Å². The van der Waals surface area contributed by atoms with Crippen LogP contribution in [-0.4, -0.2) is 44.4 Å². The molecule has 2 N–H and O–H groups in total. The third kappa shape index (κ3) is 11.0. The number of hydrogen-bond acceptors (Lipinski definition) is 4. The molecule has 0 bridgehead atoms. The number of carbonyl (C=O) groups excluding carboxylic acids is 1. The van der Waals surface area contributed by atoms with Gasteiger partial charge in [-0.25, -0.2) is 4.72 Å². The van der Waals surface area contributed by atoms with Gasteiger partial charge in [-0.3, -0.25) is 9.35 Å². The van der Waals surface area contributed by atoms with E-state index >= 15 is 0 Å². The number of nitrogens with one attached hydrogen (secondary N) is 1. The van der Waals surface area contributed by atoms with Crippen molar-refractivity contribution in [2.75, 3.05) is 20.6 Å². The first-order valence-corrected chi connectivity index (χ1v) is 5.86. The highest BCUT2D eigenvalue weighted by Crippen LogP contribution is 1.92. The van der Waals surface area contributed by atoms with Crippen LogP contribution in [0.25, 0.3) is 0 Å². The number of nitrogens with zero attached hydrogens (tertiary/aromatic N) is 1. The predicted octanol–water partition coefficient (Wildman–Crippen LogP) is -0.197. The molecule has 0 rings (SSSR count). The van der Waals surface area contributed by atoms with Gasteiger partial charge in [0, 0.05) is 0 Å². The molecule has 0 aliphatic heterocycles. The van der Waals surface area contributed by atoms with Crippen molar-refractivity contribution in [1.29, 1.82) is 0 Å². The van der Waals surface area contributed by atoms with Gasteiger partial charge < -0.3 is 4.90 Å². The van der Waals surface area contributed by atoms with Crippen molar-refractivity contribution in [3.63, 3.8) is 0 Å². The molecule has 15 heavy (non-hydrogen) atoms. The highest BCUT2D eigenvalue weighted by atomic mass is 32.2. The Bertz CT molecular complexity index is 322. The average Bonchev–Trinajstić information content (AvgIpc) is 1.99. The van der Waals surface area contributed by atoms with E-state index in [4.69, 9.17) is 4.55 Å². The van der Waals surface area contributed by atoms with Gasteiger partial charge in [0.15, 0.2) is 0 Å². The summed E-state index contributed by atoms with van der Waals surface area (Å²) >= 11 is 0. The second-order valence-electron chi connectivity index (χ2n) is 3.29. The van der Waals surface area contributed by atoms with Crippen LogP contribution in [0.4, 0.5) is 0 Å². The van der Waals surface area contributed by atoms with Gasteiger partial charge in [-0.05, 0) is 39.6 Å². The molecule has 0 saturated heterocycles. The summed E-state index contributed by atoms with van der Waals surface area (Å²) in [5.41, 5.74) is 0. The molecule has 0 aromatic heterocycles. The molecule has 0 radical (unpaired) electrons. The van der Waals surface area contributed by atoms with Crippen molar-refractivity contribution >= 4 is 16.2 Å². The van der Waals surface area contributed by atoms with E-state index in [2.05, 4.69) is 0 Å². The number of allylic oxidation sites excluding steroid dienone is 1. The number of amides is 1. The first-order valence-electron chi connectivity index (χ1n) is 4.42. The lowest BCUT2D eigenvalue weighted by atomic mass is 10.3. The van der Waals surface area contributed by atoms with Gasteiger partial charge in [0.1, 0.15) is 0 Å². The summed E-state index contributed by atoms with van der Waals surface area (Å²) in [6, 6.07) is 0. The van der Waals surface area contributed by atoms with Crippen LogP contribution in [0.15, 0.2) is 12.2 Å². The molecular formula is C8H16N2O4S. The Morgan fingerprint density at radius 2 is 2.07 bits per heavy atom. The lowest BCUT2D eigenvalue weighted by Crippen LogP contribution is -2.27. The summed E-state index contributed by atoms with van der Waals surface area (Å²) < 4.78 is 30.1. The fourth-order valence-corrected chi connectivity index (χ4v) is 1.20. The Hall–Kier alpha value is -0.920. The molecule has 0 spiro atoms. The standard InChI is InChI=1S/C8H16N2O4S/c1-10(2)7-5-3-4-6-8(11)9-15(12,13)14/h4,6H,3,5,7H2,1-2H3,(H,9,11)(H,12,13,14). The van der Waals surface area contributed by atoms with Gasteiger partial charge in [0.25, 0.3) is 5.91 Å². The van der Waals surface area contributed by atoms with E-state index in [1.807, 2.05) is 19.0 Å². The van der Waals surface area contributed by atoms with E-state index in [9.17, 15) is 13.2 Å². The number of hydrogen-bond donors (Lipinski definition) is 2. The SMILES string of the molecule is CN(C)CCCC=CC(=O)NS(=O)(=O)O. The molecule has 6 nitrogen and oxygen atoms in total. The lowest BCUT2D eigenvalue weighted by Gasteiger charge is -2.06. The zero-order valence-corrected chi connectivity index (χ0v) is 9.62. The smallest absolute Gasteiger partial charge is 0.309 e. The van der Waals surface area contributed by atoms with Gasteiger partial charge in [0.2, 0.25) is 0 Å². The fraction of sp³-hybridized carbons (Fsp3) is 0.625. The largest absolute Gasteiger partial charge is 0.359 e. The molecule has 0 atom stereocenters. The summed E-state index contributed by atoms with van der Waals surface area (Å²) in [7, 11) is -0.560. The number of rotatable bonds is 6. The Labute approximate surface area is 89.8 Å². The van der Waals surface area contributed by atoms with Crippen molar-refractivity contribution in [3.05, 3.63) is 12.2 Å². The summed E-state index contributed by atoms with van der Waals surface area (Å²) in [4.78, 5) is 12.8. The molecule has 0 aliphatic carbocycles. The Morgan fingerprint density at radius 3 is 2.53 bits per heavy atom. The molecule has 0 fully saturated rings. The van der Waals surface area contributed by atoms with E-state index in [1.165, 1.54) is 4.72 Å². The number of carbonyl (C=O) groups is 1. The minimum atomic E-state index is -4.44. The monoisotopic (exact) mass is 236 g/mol. The maximum Gasteiger partial charge on any atom is 0.359 e. The van der Waals surface area contributed by atoms with Crippen LogP contribution in [0.5, 0.6) is 0 Å². The summed E-state index contributed by atoms with van der Waals surface area (Å²) in [6.07, 6.45) is 4.20. The minimum Gasteiger partial charge on any atom is -0.309 e. The van der Waals surface area contributed by atoms with Crippen LogP contribution in [0.2, 0.25) is 0 Å². The van der Waals surface area contributed by atoms with Crippen LogP contribution < -0.4 is 4.72 Å². The van der Waals surface area contributed by atoms with Crippen LogP contribution >= 0.6 is 0 Å². The minimum absolute atomic E-state index is 0.678. The quantitative estimate of drug-likeness (QED) is 0.379. The predicted molar refractivity (Wildman–Crippen MR) is 56.6 cm³/mol. The Morgan fingerprint density at radius 1 is 1.47 bits per heavy atom. The van der Waals surface area contributed by atoms with E-state index in [0.29, 0.717) is 6.42 Å². The Kier molecular flexibility index (Phi) is 6.14. The first kappa shape index (κ1) is 14.1. The lowest BCUT2D eigenvalue weighted by molar-refractivity contribution is -0.114. The van der Waals surface area contributed by atoms with Gasteiger partial charge in [-0.2, -0.15) is 8.42 Å². The summed E-state index contributed by atoms with van der Waals surface area (Å²) in [5.74, 6) is -0.845. The van der Waals surface area contributed by atoms with Crippen LogP contribution in [0, 0.1) is 0 Å². The zero-order chi connectivity index (χ0) is 11.9. The topological polar surface area (TPSA) is 86.7 Å². The van der Waals surface area contributed by atoms with E-state index < -0.39 is 16.2 Å². The van der Waals surface area contributed by atoms with E-state index in [-0.39, 0.29) is 0 Å². The average molecular weight is 236 g/mol. The molecule has 0 heterocycles. The molecule has 0 unspecified atom stereocenters. The maximum absolute atomic E-state index is 10.8. The Balaban J connectivity index is 3.74. The molecule has 0 saturated carbocycles. The first-order chi connectivity index (χ1) is 6.81. The van der Waals surface area contributed by atoms with Crippen molar-refractivity contribution in [2.45, 2.75) is 12.8 Å². The van der Waals surface area contributed by atoms with E-state index in [0.717, 1.165) is 19.0 Å². The highest BCUT2D eigenvalue weighted by molar-refractivity contribution is 7.84. The van der Waals surface area contributed by atoms with Crippen molar-refractivity contribution < 1.29 is 17.8 Å². The van der Waals surface area contributed by atoms with E-state index in [1.54, 1.807) is 6.08 Å². The van der Waals surface area contributed by atoms with Crippen molar-refractivity contribution in [1.82, 2.24) is 9.62 Å². The van der Waals surface area contributed by atoms with Crippen molar-refractivity contribution in [3.8, 4) is 0 Å². The highest BCUT2D eigenvalue weighted by Gasteiger charge is 2.05. The molecule has 1 amide bonds. The fourth-order valence-electron chi connectivity index (χ4n) is 0.877. The molecule has 88 valence electrons. The zero-order valence-electron chi connectivity index (χ0n) is 8.80. The molecule has 0 aromatic rings. The molecule has 0 aliphatic rings. The third-order valence-electron chi connectivity index (χ3n) is 1.47. The van der Waals surface area contributed by atoms with Crippen LogP contribution in [-0.2, 0) is 15.1 Å². The van der Waals surface area contributed by atoms with Gasteiger partial charge >= 0.3 is 10.3 Å². The van der Waals surface area contributed by atoms with Gasteiger partial charge in [-0.1, -0.05) is 6.08 Å². The normalized spacial score (nSPS) is 12.3. The van der Waals surface area contributed by atoms with Crippen LogP contribution in [0.3, 0.4) is 0 Å². The molecular weight excluding hydrogens is 220 g/mol. The number of unbranched alkanes of at least 4 members (excludes halogenated alkanes) is 1. The van der Waals surface area contributed by atoms with Crippen LogP contribution in [0.1, 0.15) is 12.8 Å². The molecule has 7 heteroatoms. The summed E-state index contributed by atoms with van der Waals surface area (Å²) in [5, 5.41) is 0. The third-order valence-corrected chi connectivity index (χ3v) is 1.93. The molecule has 0 aromatic carbocycles. The van der Waals surface area contributed by atoms with Gasteiger partial charge in [0.05, 0.1) is 0 Å². The second-order valence-corrected chi connectivity index (χ2v) is 4.44. The maximum atomic E-state index is 10.8. The summed E-state index contributed by atoms with van der Waals surface area (Å²) in [6.45, 7) is 0.893. The second kappa shape index (κ2) is 6.54. The van der Waals surface area contributed by atoms with Crippen molar-refractivity contribution in [2.24, 2.45) is 0 Å².